The van der Waals surface area contributed by atoms with Gasteiger partial charge in [0, 0.05) is 37.9 Å². The van der Waals surface area contributed by atoms with Crippen molar-refractivity contribution in [2.75, 3.05) is 19.4 Å². The molecule has 0 unspecified atom stereocenters. The van der Waals surface area contributed by atoms with Gasteiger partial charge in [0.25, 0.3) is 0 Å². The maximum Gasteiger partial charge on any atom is 0.321 e. The molecule has 116 valence electrons. The van der Waals surface area contributed by atoms with Gasteiger partial charge in [0.15, 0.2) is 0 Å². The molecule has 0 atom stereocenters. The Labute approximate surface area is 136 Å². The molecule has 2 aromatic rings. The van der Waals surface area contributed by atoms with Crippen molar-refractivity contribution in [1.82, 2.24) is 10.2 Å². The number of rotatable bonds is 5. The number of nitrogens with one attached hydrogen (secondary N) is 2. The number of hydrogen-bond donors (Lipinski definition) is 2. The van der Waals surface area contributed by atoms with Crippen molar-refractivity contribution in [2.24, 2.45) is 0 Å². The molecule has 2 amide bonds. The van der Waals surface area contributed by atoms with E-state index in [-0.39, 0.29) is 6.03 Å². The summed E-state index contributed by atoms with van der Waals surface area (Å²) >= 11 is 6.27. The van der Waals surface area contributed by atoms with Crippen LogP contribution >= 0.6 is 11.6 Å². The summed E-state index contributed by atoms with van der Waals surface area (Å²) in [6.07, 6.45) is 0. The molecule has 0 bridgehead atoms. The zero-order valence-corrected chi connectivity index (χ0v) is 13.5. The first kappa shape index (κ1) is 16.3. The highest BCUT2D eigenvalue weighted by molar-refractivity contribution is 6.31. The minimum atomic E-state index is -0.175. The first-order valence-corrected chi connectivity index (χ1v) is 7.45. The Bertz CT molecular complexity index is 629. The fourth-order valence-corrected chi connectivity index (χ4v) is 2.19. The molecule has 0 radical (unpaired) electrons. The lowest BCUT2D eigenvalue weighted by Gasteiger charge is -2.13. The SMILES string of the molecule is CN(C)C(=O)Nc1ccc(CNCc2ccccc2)c(Cl)c1. The molecule has 2 rings (SSSR count). The Morgan fingerprint density at radius 3 is 2.45 bits per heavy atom. The first-order valence-electron chi connectivity index (χ1n) is 7.07. The van der Waals surface area contributed by atoms with Gasteiger partial charge in [0.1, 0.15) is 0 Å². The van der Waals surface area contributed by atoms with Crippen LogP contribution in [0.15, 0.2) is 48.5 Å². The molecule has 0 saturated heterocycles. The second kappa shape index (κ2) is 7.82. The summed E-state index contributed by atoms with van der Waals surface area (Å²) in [5.74, 6) is 0. The van der Waals surface area contributed by atoms with Gasteiger partial charge in [0.2, 0.25) is 0 Å². The molecule has 0 aliphatic rings. The standard InChI is InChI=1S/C17H20ClN3O/c1-21(2)17(22)20-15-9-8-14(16(18)10-15)12-19-11-13-6-4-3-5-7-13/h3-10,19H,11-12H2,1-2H3,(H,20,22). The number of amides is 2. The van der Waals surface area contributed by atoms with Gasteiger partial charge in [-0.3, -0.25) is 0 Å². The molecule has 2 aromatic carbocycles. The Morgan fingerprint density at radius 2 is 1.82 bits per heavy atom. The van der Waals surface area contributed by atoms with E-state index in [1.54, 1.807) is 20.2 Å². The van der Waals surface area contributed by atoms with Crippen LogP contribution in [0.3, 0.4) is 0 Å². The van der Waals surface area contributed by atoms with Crippen molar-refractivity contribution in [3.63, 3.8) is 0 Å². The van der Waals surface area contributed by atoms with E-state index in [0.717, 1.165) is 12.1 Å². The Morgan fingerprint density at radius 1 is 1.09 bits per heavy atom. The molecular formula is C17H20ClN3O. The van der Waals surface area contributed by atoms with Crippen molar-refractivity contribution in [3.05, 3.63) is 64.7 Å². The van der Waals surface area contributed by atoms with E-state index in [1.165, 1.54) is 10.5 Å². The third-order valence-electron chi connectivity index (χ3n) is 3.20. The van der Waals surface area contributed by atoms with Crippen LogP contribution in [0.4, 0.5) is 10.5 Å². The fraction of sp³-hybridized carbons (Fsp3) is 0.235. The third kappa shape index (κ3) is 4.76. The highest BCUT2D eigenvalue weighted by atomic mass is 35.5. The van der Waals surface area contributed by atoms with E-state index in [4.69, 9.17) is 11.6 Å². The summed E-state index contributed by atoms with van der Waals surface area (Å²) in [6.45, 7) is 1.46. The topological polar surface area (TPSA) is 44.4 Å². The first-order chi connectivity index (χ1) is 10.6. The quantitative estimate of drug-likeness (QED) is 0.882. The molecule has 0 saturated carbocycles. The fourth-order valence-electron chi connectivity index (χ4n) is 1.94. The van der Waals surface area contributed by atoms with Crippen molar-refractivity contribution in [1.29, 1.82) is 0 Å². The van der Waals surface area contributed by atoms with E-state index in [9.17, 15) is 4.79 Å². The molecule has 2 N–H and O–H groups in total. The summed E-state index contributed by atoms with van der Waals surface area (Å²) in [4.78, 5) is 13.1. The van der Waals surface area contributed by atoms with Gasteiger partial charge in [-0.2, -0.15) is 0 Å². The summed E-state index contributed by atoms with van der Waals surface area (Å²) < 4.78 is 0. The second-order valence-electron chi connectivity index (χ2n) is 5.22. The molecule has 0 aromatic heterocycles. The normalized spacial score (nSPS) is 10.3. The molecule has 22 heavy (non-hydrogen) atoms. The van der Waals surface area contributed by atoms with Crippen LogP contribution < -0.4 is 10.6 Å². The van der Waals surface area contributed by atoms with Gasteiger partial charge in [0.05, 0.1) is 0 Å². The number of nitrogens with zero attached hydrogens (tertiary/aromatic N) is 1. The van der Waals surface area contributed by atoms with Crippen LogP contribution in [-0.4, -0.2) is 25.0 Å². The number of halogens is 1. The van der Waals surface area contributed by atoms with E-state index >= 15 is 0 Å². The molecular weight excluding hydrogens is 298 g/mol. The largest absolute Gasteiger partial charge is 0.331 e. The number of benzene rings is 2. The van der Waals surface area contributed by atoms with Crippen LogP contribution in [0.5, 0.6) is 0 Å². The van der Waals surface area contributed by atoms with E-state index in [1.807, 2.05) is 30.3 Å². The number of carbonyl (C=O) groups excluding carboxylic acids is 1. The van der Waals surface area contributed by atoms with Gasteiger partial charge in [-0.05, 0) is 23.3 Å². The van der Waals surface area contributed by atoms with Crippen molar-refractivity contribution in [2.45, 2.75) is 13.1 Å². The molecule has 0 aliphatic heterocycles. The third-order valence-corrected chi connectivity index (χ3v) is 3.55. The minimum Gasteiger partial charge on any atom is -0.331 e. The highest BCUT2D eigenvalue weighted by Crippen LogP contribution is 2.21. The molecule has 0 heterocycles. The zero-order chi connectivity index (χ0) is 15.9. The number of anilines is 1. The summed E-state index contributed by atoms with van der Waals surface area (Å²) in [5, 5.41) is 6.77. The molecule has 0 aliphatic carbocycles. The summed E-state index contributed by atoms with van der Waals surface area (Å²) in [6, 6.07) is 15.6. The molecule has 4 nitrogen and oxygen atoms in total. The number of carbonyl (C=O) groups is 1. The van der Waals surface area contributed by atoms with Gasteiger partial charge >= 0.3 is 6.03 Å². The summed E-state index contributed by atoms with van der Waals surface area (Å²) in [7, 11) is 3.39. The van der Waals surface area contributed by atoms with E-state index in [0.29, 0.717) is 17.3 Å². The van der Waals surface area contributed by atoms with Crippen LogP contribution in [0.2, 0.25) is 5.02 Å². The van der Waals surface area contributed by atoms with Crippen LogP contribution in [0.25, 0.3) is 0 Å². The minimum absolute atomic E-state index is 0.175. The van der Waals surface area contributed by atoms with Gasteiger partial charge in [-0.15, -0.1) is 0 Å². The predicted octanol–water partition coefficient (Wildman–Crippen LogP) is 3.72. The van der Waals surface area contributed by atoms with Gasteiger partial charge in [-0.1, -0.05) is 48.0 Å². The van der Waals surface area contributed by atoms with E-state index in [2.05, 4.69) is 22.8 Å². The Balaban J connectivity index is 1.91. The maximum absolute atomic E-state index is 11.6. The van der Waals surface area contributed by atoms with Crippen molar-refractivity contribution < 1.29 is 4.79 Å². The highest BCUT2D eigenvalue weighted by Gasteiger charge is 2.06. The zero-order valence-electron chi connectivity index (χ0n) is 12.8. The number of urea groups is 1. The monoisotopic (exact) mass is 317 g/mol. The lowest BCUT2D eigenvalue weighted by atomic mass is 10.2. The average molecular weight is 318 g/mol. The van der Waals surface area contributed by atoms with Crippen LogP contribution in [0.1, 0.15) is 11.1 Å². The lowest BCUT2D eigenvalue weighted by molar-refractivity contribution is 0.230. The van der Waals surface area contributed by atoms with Crippen LogP contribution in [0, 0.1) is 0 Å². The van der Waals surface area contributed by atoms with Crippen molar-refractivity contribution in [3.8, 4) is 0 Å². The lowest BCUT2D eigenvalue weighted by Crippen LogP contribution is -2.27. The maximum atomic E-state index is 11.6. The Kier molecular flexibility index (Phi) is 5.81. The molecule has 0 spiro atoms. The molecule has 5 heteroatoms. The summed E-state index contributed by atoms with van der Waals surface area (Å²) in [5.41, 5.74) is 2.92. The molecule has 0 fully saturated rings. The Hall–Kier alpha value is -2.04. The van der Waals surface area contributed by atoms with Gasteiger partial charge in [-0.25, -0.2) is 4.79 Å². The predicted molar refractivity (Wildman–Crippen MR) is 91.1 cm³/mol. The number of hydrogen-bond acceptors (Lipinski definition) is 2. The van der Waals surface area contributed by atoms with Crippen LogP contribution in [-0.2, 0) is 13.1 Å². The van der Waals surface area contributed by atoms with Gasteiger partial charge < -0.3 is 15.5 Å². The smallest absolute Gasteiger partial charge is 0.321 e. The van der Waals surface area contributed by atoms with Crippen molar-refractivity contribution >= 4 is 23.3 Å². The average Bonchev–Trinajstić information content (AvgIpc) is 2.50. The van der Waals surface area contributed by atoms with E-state index < -0.39 is 0 Å². The second-order valence-corrected chi connectivity index (χ2v) is 5.63.